The zero-order valence-electron chi connectivity index (χ0n) is 10.9. The first kappa shape index (κ1) is 14.4. The summed E-state index contributed by atoms with van der Waals surface area (Å²) in [5.41, 5.74) is 5.39. The van der Waals surface area contributed by atoms with E-state index in [2.05, 4.69) is 19.2 Å². The number of hydrogen-bond donors (Lipinski definition) is 3. The molecule has 1 amide bonds. The lowest BCUT2D eigenvalue weighted by atomic mass is 10.1. The summed E-state index contributed by atoms with van der Waals surface area (Å²) in [6, 6.07) is -0.0880. The van der Waals surface area contributed by atoms with Gasteiger partial charge in [-0.1, -0.05) is 13.8 Å². The third-order valence-corrected chi connectivity index (χ3v) is 3.07. The molecule has 1 heterocycles. The molecule has 17 heavy (non-hydrogen) atoms. The Morgan fingerprint density at radius 2 is 2.29 bits per heavy atom. The van der Waals surface area contributed by atoms with E-state index in [4.69, 9.17) is 5.73 Å². The number of aliphatic hydroxyl groups is 1. The topological polar surface area (TPSA) is 78.6 Å². The maximum atomic E-state index is 12.0. The summed E-state index contributed by atoms with van der Waals surface area (Å²) in [6.07, 6.45) is 1.35. The van der Waals surface area contributed by atoms with Gasteiger partial charge in [0.15, 0.2) is 0 Å². The summed E-state index contributed by atoms with van der Waals surface area (Å²) in [5.74, 6) is 0.545. The minimum Gasteiger partial charge on any atom is -0.390 e. The molecule has 0 aromatic heterocycles. The van der Waals surface area contributed by atoms with E-state index in [9.17, 15) is 9.90 Å². The first-order valence-electron chi connectivity index (χ1n) is 6.44. The molecule has 1 aliphatic rings. The molecule has 5 nitrogen and oxygen atoms in total. The summed E-state index contributed by atoms with van der Waals surface area (Å²) in [6.45, 7) is 6.47. The molecule has 2 atom stereocenters. The minimum absolute atomic E-state index is 0.0837. The highest BCUT2D eigenvalue weighted by Gasteiger charge is 2.31. The second-order valence-electron chi connectivity index (χ2n) is 5.18. The van der Waals surface area contributed by atoms with E-state index < -0.39 is 6.10 Å². The van der Waals surface area contributed by atoms with Gasteiger partial charge in [-0.15, -0.1) is 0 Å². The molecule has 0 bridgehead atoms. The second-order valence-corrected chi connectivity index (χ2v) is 5.18. The van der Waals surface area contributed by atoms with Crippen LogP contribution in [-0.2, 0) is 4.79 Å². The molecular formula is C12H25N3O2. The van der Waals surface area contributed by atoms with Crippen LogP contribution in [0.3, 0.4) is 0 Å². The van der Waals surface area contributed by atoms with Crippen molar-refractivity contribution in [1.82, 2.24) is 10.2 Å². The van der Waals surface area contributed by atoms with Crippen molar-refractivity contribution in [2.24, 2.45) is 11.7 Å². The predicted octanol–water partition coefficient (Wildman–Crippen LogP) is -0.457. The van der Waals surface area contributed by atoms with Crippen molar-refractivity contribution in [3.8, 4) is 0 Å². The SMILES string of the molecule is CC(C)CNC(=O)[C@@H]1CCCN1CC(O)CN. The Balaban J connectivity index is 2.42. The number of amides is 1. The van der Waals surface area contributed by atoms with E-state index >= 15 is 0 Å². The van der Waals surface area contributed by atoms with Crippen LogP contribution in [0.2, 0.25) is 0 Å². The van der Waals surface area contributed by atoms with Gasteiger partial charge in [-0.25, -0.2) is 0 Å². The molecule has 4 N–H and O–H groups in total. The van der Waals surface area contributed by atoms with E-state index in [1.165, 1.54) is 0 Å². The van der Waals surface area contributed by atoms with Gasteiger partial charge >= 0.3 is 0 Å². The van der Waals surface area contributed by atoms with E-state index in [1.54, 1.807) is 0 Å². The fourth-order valence-electron chi connectivity index (χ4n) is 2.11. The number of rotatable bonds is 6. The highest BCUT2D eigenvalue weighted by Crippen LogP contribution is 2.17. The van der Waals surface area contributed by atoms with Crippen LogP contribution < -0.4 is 11.1 Å². The largest absolute Gasteiger partial charge is 0.390 e. The molecule has 0 aromatic carbocycles. The molecule has 0 spiro atoms. The standard InChI is InChI=1S/C12H25N3O2/c1-9(2)7-14-12(17)11-4-3-5-15(11)8-10(16)6-13/h9-11,16H,3-8,13H2,1-2H3,(H,14,17)/t10?,11-/m0/s1. The normalized spacial score (nSPS) is 23.0. The Labute approximate surface area is 103 Å². The Morgan fingerprint density at radius 3 is 2.88 bits per heavy atom. The average Bonchev–Trinajstić information content (AvgIpc) is 2.73. The van der Waals surface area contributed by atoms with Crippen molar-refractivity contribution >= 4 is 5.91 Å². The van der Waals surface area contributed by atoms with Crippen molar-refractivity contribution < 1.29 is 9.90 Å². The first-order valence-corrected chi connectivity index (χ1v) is 6.44. The summed E-state index contributed by atoms with van der Waals surface area (Å²) in [7, 11) is 0. The highest BCUT2D eigenvalue weighted by atomic mass is 16.3. The smallest absolute Gasteiger partial charge is 0.237 e. The molecule has 0 saturated carbocycles. The van der Waals surface area contributed by atoms with E-state index in [-0.39, 0.29) is 18.5 Å². The molecule has 100 valence electrons. The van der Waals surface area contributed by atoms with Crippen molar-refractivity contribution in [3.05, 3.63) is 0 Å². The van der Waals surface area contributed by atoms with Crippen LogP contribution >= 0.6 is 0 Å². The third kappa shape index (κ3) is 4.61. The van der Waals surface area contributed by atoms with Gasteiger partial charge in [0, 0.05) is 19.6 Å². The van der Waals surface area contributed by atoms with Crippen LogP contribution in [0.4, 0.5) is 0 Å². The second kappa shape index (κ2) is 6.93. The molecule has 5 heteroatoms. The van der Waals surface area contributed by atoms with Crippen LogP contribution in [0, 0.1) is 5.92 Å². The number of nitrogens with zero attached hydrogens (tertiary/aromatic N) is 1. The Hall–Kier alpha value is -0.650. The first-order chi connectivity index (χ1) is 8.04. The zero-order chi connectivity index (χ0) is 12.8. The fourth-order valence-corrected chi connectivity index (χ4v) is 2.11. The number of hydrogen-bond acceptors (Lipinski definition) is 4. The predicted molar refractivity (Wildman–Crippen MR) is 67.5 cm³/mol. The number of nitrogens with two attached hydrogens (primary N) is 1. The van der Waals surface area contributed by atoms with Gasteiger partial charge in [0.2, 0.25) is 5.91 Å². The van der Waals surface area contributed by atoms with E-state index in [0.29, 0.717) is 19.0 Å². The van der Waals surface area contributed by atoms with Crippen LogP contribution in [0.25, 0.3) is 0 Å². The molecule has 0 aliphatic carbocycles. The lowest BCUT2D eigenvalue weighted by Crippen LogP contribution is -2.47. The van der Waals surface area contributed by atoms with Crippen LogP contribution in [-0.4, -0.2) is 54.2 Å². The number of aliphatic hydroxyl groups excluding tert-OH is 1. The molecule has 1 unspecified atom stereocenters. The molecule has 1 rings (SSSR count). The Kier molecular flexibility index (Phi) is 5.88. The molecular weight excluding hydrogens is 218 g/mol. The fraction of sp³-hybridized carbons (Fsp3) is 0.917. The molecule has 1 saturated heterocycles. The van der Waals surface area contributed by atoms with Crippen molar-refractivity contribution in [2.45, 2.75) is 38.8 Å². The van der Waals surface area contributed by atoms with Gasteiger partial charge in [0.05, 0.1) is 12.1 Å². The summed E-state index contributed by atoms with van der Waals surface area (Å²) in [5, 5.41) is 12.5. The summed E-state index contributed by atoms with van der Waals surface area (Å²) in [4.78, 5) is 14.0. The Bertz CT molecular complexity index is 246. The van der Waals surface area contributed by atoms with Crippen molar-refractivity contribution in [1.29, 1.82) is 0 Å². The average molecular weight is 243 g/mol. The van der Waals surface area contributed by atoms with Gasteiger partial charge in [-0.3, -0.25) is 9.69 Å². The maximum absolute atomic E-state index is 12.0. The number of nitrogens with one attached hydrogen (secondary N) is 1. The summed E-state index contributed by atoms with van der Waals surface area (Å²) < 4.78 is 0. The molecule has 0 radical (unpaired) electrons. The Morgan fingerprint density at radius 1 is 1.59 bits per heavy atom. The van der Waals surface area contributed by atoms with E-state index in [0.717, 1.165) is 19.4 Å². The lowest BCUT2D eigenvalue weighted by molar-refractivity contribution is -0.125. The van der Waals surface area contributed by atoms with Gasteiger partial charge in [-0.2, -0.15) is 0 Å². The number of likely N-dealkylation sites (tertiary alicyclic amines) is 1. The number of carbonyl (C=O) groups is 1. The van der Waals surface area contributed by atoms with Crippen molar-refractivity contribution in [2.75, 3.05) is 26.2 Å². The van der Waals surface area contributed by atoms with Crippen molar-refractivity contribution in [3.63, 3.8) is 0 Å². The number of β-amino-alcohol motifs (C(OH)–C–C–N with tert-alkyl or cyclic N) is 1. The molecule has 0 aromatic rings. The van der Waals surface area contributed by atoms with E-state index in [1.807, 2.05) is 4.90 Å². The van der Waals surface area contributed by atoms with Gasteiger partial charge < -0.3 is 16.2 Å². The lowest BCUT2D eigenvalue weighted by Gasteiger charge is -2.25. The highest BCUT2D eigenvalue weighted by molar-refractivity contribution is 5.82. The van der Waals surface area contributed by atoms with Gasteiger partial charge in [0.1, 0.15) is 0 Å². The quantitative estimate of drug-likeness (QED) is 0.590. The molecule has 1 fully saturated rings. The third-order valence-electron chi connectivity index (χ3n) is 3.07. The monoisotopic (exact) mass is 243 g/mol. The van der Waals surface area contributed by atoms with Gasteiger partial charge in [-0.05, 0) is 25.3 Å². The maximum Gasteiger partial charge on any atom is 0.237 e. The zero-order valence-corrected chi connectivity index (χ0v) is 10.9. The van der Waals surface area contributed by atoms with Crippen LogP contribution in [0.5, 0.6) is 0 Å². The molecule has 1 aliphatic heterocycles. The van der Waals surface area contributed by atoms with Crippen LogP contribution in [0.15, 0.2) is 0 Å². The van der Waals surface area contributed by atoms with Crippen LogP contribution in [0.1, 0.15) is 26.7 Å². The number of carbonyl (C=O) groups excluding carboxylic acids is 1. The minimum atomic E-state index is -0.534. The summed E-state index contributed by atoms with van der Waals surface area (Å²) >= 11 is 0. The van der Waals surface area contributed by atoms with Gasteiger partial charge in [0.25, 0.3) is 0 Å².